The molecule has 2 rings (SSSR count). The van der Waals surface area contributed by atoms with Crippen LogP contribution in [0.15, 0.2) is 18.2 Å². The molecule has 2 amide bonds. The van der Waals surface area contributed by atoms with E-state index in [4.69, 9.17) is 0 Å². The highest BCUT2D eigenvalue weighted by molar-refractivity contribution is 14.1. The molecule has 22 heavy (non-hydrogen) atoms. The van der Waals surface area contributed by atoms with Gasteiger partial charge in [0.15, 0.2) is 0 Å². The van der Waals surface area contributed by atoms with Crippen LogP contribution in [-0.4, -0.2) is 56.0 Å². The number of nitrogens with one attached hydrogen (secondary N) is 3. The Bertz CT molecular complexity index is 544. The van der Waals surface area contributed by atoms with Gasteiger partial charge >= 0.3 is 11.8 Å². The molecule has 0 aliphatic carbocycles. The number of hydrogen-bond donors (Lipinski definition) is 3. The fourth-order valence-corrected chi connectivity index (χ4v) is 2.94. The van der Waals surface area contributed by atoms with Crippen LogP contribution >= 0.6 is 22.6 Å². The third-order valence-corrected chi connectivity index (χ3v) is 4.24. The molecular weight excluding hydrogens is 395 g/mol. The molecule has 0 aromatic heterocycles. The van der Waals surface area contributed by atoms with Crippen LogP contribution in [0.1, 0.15) is 5.56 Å². The van der Waals surface area contributed by atoms with Gasteiger partial charge in [0.2, 0.25) is 0 Å². The van der Waals surface area contributed by atoms with E-state index in [9.17, 15) is 9.59 Å². The van der Waals surface area contributed by atoms with E-state index in [1.165, 1.54) is 0 Å². The third kappa shape index (κ3) is 5.22. The Morgan fingerprint density at radius 2 is 2.00 bits per heavy atom. The Morgan fingerprint density at radius 1 is 1.27 bits per heavy atom. The maximum atomic E-state index is 11.9. The number of carbonyl (C=O) groups is 2. The van der Waals surface area contributed by atoms with E-state index in [1.54, 1.807) is 0 Å². The van der Waals surface area contributed by atoms with Gasteiger partial charge < -0.3 is 16.0 Å². The minimum absolute atomic E-state index is 0.484. The third-order valence-electron chi connectivity index (χ3n) is 3.57. The highest BCUT2D eigenvalue weighted by Gasteiger charge is 2.15. The molecule has 1 fully saturated rings. The molecule has 1 saturated heterocycles. The lowest BCUT2D eigenvalue weighted by molar-refractivity contribution is -0.136. The number of anilines is 1. The molecule has 1 aliphatic rings. The molecule has 3 N–H and O–H groups in total. The smallest absolute Gasteiger partial charge is 0.313 e. The average Bonchev–Trinajstić information content (AvgIpc) is 2.51. The SMILES string of the molecule is Cc1cc(I)ccc1NC(=O)C(=O)NCCN1CCNCC1. The lowest BCUT2D eigenvalue weighted by Crippen LogP contribution is -2.47. The normalized spacial score (nSPS) is 15.4. The molecule has 0 unspecified atom stereocenters. The Morgan fingerprint density at radius 3 is 2.68 bits per heavy atom. The number of benzene rings is 1. The first-order chi connectivity index (χ1) is 10.6. The van der Waals surface area contributed by atoms with Crippen molar-refractivity contribution in [2.45, 2.75) is 6.92 Å². The first kappa shape index (κ1) is 17.2. The van der Waals surface area contributed by atoms with Gasteiger partial charge in [-0.25, -0.2) is 0 Å². The van der Waals surface area contributed by atoms with Gasteiger partial charge in [-0.1, -0.05) is 0 Å². The highest BCUT2D eigenvalue weighted by Crippen LogP contribution is 2.17. The van der Waals surface area contributed by atoms with Crippen molar-refractivity contribution >= 4 is 40.1 Å². The van der Waals surface area contributed by atoms with Gasteiger partial charge in [0.1, 0.15) is 0 Å². The van der Waals surface area contributed by atoms with Gasteiger partial charge in [0.05, 0.1) is 0 Å². The molecule has 0 bridgehead atoms. The average molecular weight is 416 g/mol. The van der Waals surface area contributed by atoms with Gasteiger partial charge in [-0.2, -0.15) is 0 Å². The minimum Gasteiger partial charge on any atom is -0.347 e. The summed E-state index contributed by atoms with van der Waals surface area (Å²) in [6.07, 6.45) is 0. The fraction of sp³-hybridized carbons (Fsp3) is 0.467. The summed E-state index contributed by atoms with van der Waals surface area (Å²) in [5.41, 5.74) is 1.61. The van der Waals surface area contributed by atoms with Crippen LogP contribution in [0.25, 0.3) is 0 Å². The summed E-state index contributed by atoms with van der Waals surface area (Å²) in [6, 6.07) is 5.66. The topological polar surface area (TPSA) is 73.5 Å². The zero-order chi connectivity index (χ0) is 15.9. The van der Waals surface area contributed by atoms with E-state index in [0.29, 0.717) is 12.2 Å². The second kappa shape index (κ2) is 8.44. The van der Waals surface area contributed by atoms with Gasteiger partial charge in [-0.05, 0) is 53.3 Å². The molecule has 0 radical (unpaired) electrons. The lowest BCUT2D eigenvalue weighted by atomic mass is 10.2. The van der Waals surface area contributed by atoms with Gasteiger partial charge in [0, 0.05) is 48.5 Å². The van der Waals surface area contributed by atoms with Crippen LogP contribution in [0.4, 0.5) is 5.69 Å². The van der Waals surface area contributed by atoms with E-state index in [-0.39, 0.29) is 0 Å². The maximum Gasteiger partial charge on any atom is 0.313 e. The number of nitrogens with zero attached hydrogens (tertiary/aromatic N) is 1. The summed E-state index contributed by atoms with van der Waals surface area (Å²) < 4.78 is 1.09. The Kier molecular flexibility index (Phi) is 6.59. The summed E-state index contributed by atoms with van der Waals surface area (Å²) in [7, 11) is 0. The predicted octanol–water partition coefficient (Wildman–Crippen LogP) is 0.560. The van der Waals surface area contributed by atoms with E-state index in [2.05, 4.69) is 43.4 Å². The predicted molar refractivity (Wildman–Crippen MR) is 94.8 cm³/mol. The van der Waals surface area contributed by atoms with Crippen LogP contribution < -0.4 is 16.0 Å². The van der Waals surface area contributed by atoms with Crippen molar-refractivity contribution in [1.82, 2.24) is 15.5 Å². The standard InChI is InChI=1S/C15H21IN4O2/c1-11-10-12(16)2-3-13(11)19-15(22)14(21)18-6-9-20-7-4-17-5-8-20/h2-3,10,17H,4-9H2,1H3,(H,18,21)(H,19,22). The van der Waals surface area contributed by atoms with Crippen LogP contribution in [0.2, 0.25) is 0 Å². The van der Waals surface area contributed by atoms with Crippen LogP contribution in [0.5, 0.6) is 0 Å². The monoisotopic (exact) mass is 416 g/mol. The molecule has 1 aromatic carbocycles. The zero-order valence-corrected chi connectivity index (χ0v) is 14.8. The highest BCUT2D eigenvalue weighted by atomic mass is 127. The number of rotatable bonds is 4. The molecule has 0 spiro atoms. The molecule has 1 aromatic rings. The summed E-state index contributed by atoms with van der Waals surface area (Å²) in [6.45, 7) is 7.05. The largest absolute Gasteiger partial charge is 0.347 e. The molecular formula is C15H21IN4O2. The molecule has 0 saturated carbocycles. The fourth-order valence-electron chi connectivity index (χ4n) is 2.29. The number of aryl methyl sites for hydroxylation is 1. The van der Waals surface area contributed by atoms with Gasteiger partial charge in [-0.3, -0.25) is 14.5 Å². The molecule has 1 aliphatic heterocycles. The molecule has 0 atom stereocenters. The zero-order valence-electron chi connectivity index (χ0n) is 12.6. The second-order valence-corrected chi connectivity index (χ2v) is 6.51. The second-order valence-electron chi connectivity index (χ2n) is 5.26. The number of amides is 2. The quantitative estimate of drug-likeness (QED) is 0.496. The van der Waals surface area contributed by atoms with Crippen LogP contribution in [0.3, 0.4) is 0 Å². The van der Waals surface area contributed by atoms with E-state index in [0.717, 1.165) is 41.9 Å². The van der Waals surface area contributed by atoms with E-state index < -0.39 is 11.8 Å². The summed E-state index contributed by atoms with van der Waals surface area (Å²) in [4.78, 5) is 26.0. The van der Waals surface area contributed by atoms with Gasteiger partial charge in [0.25, 0.3) is 0 Å². The number of halogens is 1. The van der Waals surface area contributed by atoms with Crippen molar-refractivity contribution in [3.05, 3.63) is 27.3 Å². The molecule has 6 nitrogen and oxygen atoms in total. The molecule has 120 valence electrons. The van der Waals surface area contributed by atoms with Crippen molar-refractivity contribution in [2.75, 3.05) is 44.6 Å². The molecule has 1 heterocycles. The first-order valence-electron chi connectivity index (χ1n) is 7.34. The first-order valence-corrected chi connectivity index (χ1v) is 8.42. The summed E-state index contributed by atoms with van der Waals surface area (Å²) in [5, 5.41) is 8.59. The molecule has 7 heteroatoms. The van der Waals surface area contributed by atoms with Crippen molar-refractivity contribution < 1.29 is 9.59 Å². The van der Waals surface area contributed by atoms with Gasteiger partial charge in [-0.15, -0.1) is 0 Å². The van der Waals surface area contributed by atoms with Crippen LogP contribution in [-0.2, 0) is 9.59 Å². The van der Waals surface area contributed by atoms with E-state index in [1.807, 2.05) is 25.1 Å². The number of piperazine rings is 1. The Labute approximate surface area is 144 Å². The Hall–Kier alpha value is -1.19. The maximum absolute atomic E-state index is 11.9. The van der Waals surface area contributed by atoms with Crippen molar-refractivity contribution in [1.29, 1.82) is 0 Å². The lowest BCUT2D eigenvalue weighted by Gasteiger charge is -2.26. The van der Waals surface area contributed by atoms with Crippen molar-refractivity contribution in [3.8, 4) is 0 Å². The van der Waals surface area contributed by atoms with Crippen molar-refractivity contribution in [2.24, 2.45) is 0 Å². The van der Waals surface area contributed by atoms with E-state index >= 15 is 0 Å². The van der Waals surface area contributed by atoms with Crippen LogP contribution in [0, 0.1) is 10.5 Å². The Balaban J connectivity index is 1.75. The minimum atomic E-state index is -0.621. The van der Waals surface area contributed by atoms with Crippen molar-refractivity contribution in [3.63, 3.8) is 0 Å². The summed E-state index contributed by atoms with van der Waals surface area (Å²) >= 11 is 2.21. The summed E-state index contributed by atoms with van der Waals surface area (Å²) in [5.74, 6) is -1.21. The number of carbonyl (C=O) groups excluding carboxylic acids is 2. The number of hydrogen-bond acceptors (Lipinski definition) is 4.